The maximum atomic E-state index is 14.1. The second kappa shape index (κ2) is 33.9. The number of hydrogen-bond acceptors (Lipinski definition) is 16. The van der Waals surface area contributed by atoms with Gasteiger partial charge in [0, 0.05) is 62.9 Å². The van der Waals surface area contributed by atoms with Gasteiger partial charge in [0.25, 0.3) is 5.91 Å². The molecule has 5 rings (SSSR count). The number of hydrogen-bond donors (Lipinski definition) is 19. The standard InChI is InChI=1S/C58H80N16O15/c1-30(2)21-41(51(83)66-39(15-10-20-63-57(61)62-4)50(82)67-40(49(60)81)24-34-27-64-38-14-9-8-13-37(34)38)70-58(89)73-72-53(85)42(22-32-11-6-5-7-12-32)69-55(87)48(31(3)76)71-52(84)43(26-46(59)79)68-54(86)45-25-36(78)28-74(45)56(88)44(65-47(80)29-75)23-33-16-18-35(77)19-17-33/h5-9,11-14,16-19,27,30-31,36,39-45,48,64,75-78H,10,15,20-26,28-29H2,1-4H3,(H2,59,79)(H2,60,81)(H,65,80)(H,66,83)(H,67,82)(H,68,86)(H,69,87)(H,71,84)(H,72,85)(H3,61,62,63)(H2,70,73,89)/t31-,36-,39+,40+,41+,42+,43+,44-,45+,48+/m1/s1. The van der Waals surface area contributed by atoms with Crippen LogP contribution in [0.3, 0.4) is 0 Å². The molecule has 89 heavy (non-hydrogen) atoms. The lowest BCUT2D eigenvalue weighted by molar-refractivity contribution is -0.143. The number of aliphatic hydroxyl groups is 3. The SMILES string of the molecule is CNC(=N)NCCC[C@H](NC(=O)[C@H](CC(C)C)NC(=O)NNC(=O)[C@H](Cc1ccccc1)NC(=O)[C@@H](NC(=O)[C@H](CC(N)=O)NC(=O)[C@@H]1C[C@@H](O)CN1C(=O)[C@@H](Cc1ccc(O)cc1)NC(=O)CO)[C@@H](C)O)C(=O)N[C@@H](Cc1c[nH]c2ccccc12)C(N)=O. The average molecular weight is 1240 g/mol. The van der Waals surface area contributed by atoms with Crippen LogP contribution in [0.1, 0.15) is 69.6 Å². The molecule has 1 aromatic heterocycles. The third kappa shape index (κ3) is 21.8. The number of β-amino-alcohol motifs (C(OH)–C–C–N with tert-alkyl or cyclic N) is 1. The Labute approximate surface area is 511 Å². The molecule has 31 nitrogen and oxygen atoms in total. The third-order valence-corrected chi connectivity index (χ3v) is 14.3. The molecule has 0 radical (unpaired) electrons. The fourth-order valence-electron chi connectivity index (χ4n) is 9.74. The number of aromatic nitrogens is 1. The van der Waals surface area contributed by atoms with Crippen LogP contribution in [0, 0.1) is 11.3 Å². The van der Waals surface area contributed by atoms with E-state index in [1.54, 1.807) is 50.4 Å². The molecule has 0 unspecified atom stereocenters. The van der Waals surface area contributed by atoms with Crippen LogP contribution in [0.15, 0.2) is 85.1 Å². The maximum Gasteiger partial charge on any atom is 0.334 e. The largest absolute Gasteiger partial charge is 0.508 e. The number of nitrogens with two attached hydrogens (primary N) is 2. The third-order valence-electron chi connectivity index (χ3n) is 14.3. The lowest BCUT2D eigenvalue weighted by Gasteiger charge is -2.30. The van der Waals surface area contributed by atoms with Crippen molar-refractivity contribution in [3.8, 4) is 5.75 Å². The number of likely N-dealkylation sites (tertiary alicyclic amines) is 1. The monoisotopic (exact) mass is 1240 g/mol. The summed E-state index contributed by atoms with van der Waals surface area (Å²) in [6, 6.07) is 7.84. The molecule has 10 atom stereocenters. The van der Waals surface area contributed by atoms with Crippen LogP contribution in [0.2, 0.25) is 0 Å². The average Bonchev–Trinajstić information content (AvgIpc) is 2.38. The summed E-state index contributed by atoms with van der Waals surface area (Å²) in [6.45, 7) is 3.40. The number of urea groups is 1. The van der Waals surface area contributed by atoms with E-state index < -0.39 is 145 Å². The summed E-state index contributed by atoms with van der Waals surface area (Å²) in [4.78, 5) is 153. The number of nitrogens with one attached hydrogen (secondary N) is 13. The van der Waals surface area contributed by atoms with Crippen molar-refractivity contribution in [1.82, 2.24) is 68.6 Å². The molecule has 2 heterocycles. The Morgan fingerprint density at radius 3 is 1.94 bits per heavy atom. The number of hydrazine groups is 1. The Kier molecular flexibility index (Phi) is 26.6. The predicted octanol–water partition coefficient (Wildman–Crippen LogP) is -4.23. The summed E-state index contributed by atoms with van der Waals surface area (Å²) in [7, 11) is 1.54. The van der Waals surface area contributed by atoms with E-state index in [-0.39, 0.29) is 69.1 Å². The number of fused-ring (bicyclic) bond motifs is 1. The second-order valence-corrected chi connectivity index (χ2v) is 21.8. The van der Waals surface area contributed by atoms with E-state index >= 15 is 0 Å². The maximum absolute atomic E-state index is 14.1. The predicted molar refractivity (Wildman–Crippen MR) is 321 cm³/mol. The highest BCUT2D eigenvalue weighted by atomic mass is 16.3. The van der Waals surface area contributed by atoms with E-state index in [0.29, 0.717) is 16.7 Å². The topological polar surface area (TPSA) is 496 Å². The number of phenolic OH excluding ortho intramolecular Hbond substituents is 1. The van der Waals surface area contributed by atoms with Gasteiger partial charge in [0.1, 0.15) is 60.7 Å². The Hall–Kier alpha value is -9.88. The van der Waals surface area contributed by atoms with Crippen LogP contribution in [0.4, 0.5) is 4.79 Å². The van der Waals surface area contributed by atoms with Gasteiger partial charge in [0.15, 0.2) is 5.96 Å². The zero-order chi connectivity index (χ0) is 65.5. The summed E-state index contributed by atoms with van der Waals surface area (Å²) in [5.41, 5.74) is 18.0. The van der Waals surface area contributed by atoms with E-state index in [2.05, 4.69) is 63.7 Å². The molecular formula is C58H80N16O15. The van der Waals surface area contributed by atoms with Crippen molar-refractivity contribution < 1.29 is 73.2 Å². The van der Waals surface area contributed by atoms with Gasteiger partial charge in [0.2, 0.25) is 53.2 Å². The van der Waals surface area contributed by atoms with Gasteiger partial charge in [0.05, 0.1) is 18.6 Å². The normalized spacial score (nSPS) is 16.3. The van der Waals surface area contributed by atoms with Gasteiger partial charge in [-0.15, -0.1) is 0 Å². The van der Waals surface area contributed by atoms with Gasteiger partial charge in [-0.1, -0.05) is 74.5 Å². The molecule has 1 aliphatic rings. The number of amides is 12. The minimum Gasteiger partial charge on any atom is -0.508 e. The van der Waals surface area contributed by atoms with Crippen molar-refractivity contribution in [2.45, 2.75) is 133 Å². The number of benzene rings is 3. The van der Waals surface area contributed by atoms with Gasteiger partial charge in [-0.25, -0.2) is 10.2 Å². The first kappa shape index (κ1) is 69.9. The van der Waals surface area contributed by atoms with Crippen LogP contribution in [-0.2, 0) is 67.2 Å². The Morgan fingerprint density at radius 2 is 1.30 bits per heavy atom. The van der Waals surface area contributed by atoms with Crippen molar-refractivity contribution in [2.24, 2.45) is 17.4 Å². The molecule has 12 amide bonds. The first-order valence-electron chi connectivity index (χ1n) is 28.7. The van der Waals surface area contributed by atoms with Crippen LogP contribution in [-0.4, -0.2) is 189 Å². The van der Waals surface area contributed by atoms with Crippen LogP contribution >= 0.6 is 0 Å². The van der Waals surface area contributed by atoms with Crippen molar-refractivity contribution in [3.05, 3.63) is 102 Å². The first-order chi connectivity index (χ1) is 42.3. The van der Waals surface area contributed by atoms with Gasteiger partial charge < -0.3 is 89.6 Å². The summed E-state index contributed by atoms with van der Waals surface area (Å²) in [5, 5.41) is 72.1. The Bertz CT molecular complexity index is 3150. The van der Waals surface area contributed by atoms with Crippen molar-refractivity contribution >= 4 is 82.0 Å². The van der Waals surface area contributed by atoms with Crippen LogP contribution in [0.5, 0.6) is 5.75 Å². The molecule has 4 aromatic rings. The van der Waals surface area contributed by atoms with Gasteiger partial charge in [-0.05, 0) is 67.0 Å². The van der Waals surface area contributed by atoms with Crippen LogP contribution < -0.4 is 70.2 Å². The van der Waals surface area contributed by atoms with Crippen molar-refractivity contribution in [3.63, 3.8) is 0 Å². The van der Waals surface area contributed by atoms with Gasteiger partial charge in [-0.3, -0.25) is 58.8 Å². The minimum atomic E-state index is -1.92. The highest BCUT2D eigenvalue weighted by Crippen LogP contribution is 2.23. The zero-order valence-electron chi connectivity index (χ0n) is 49.6. The molecule has 1 saturated heterocycles. The summed E-state index contributed by atoms with van der Waals surface area (Å²) < 4.78 is 0. The summed E-state index contributed by atoms with van der Waals surface area (Å²) in [6.07, 6.45) is -2.79. The number of primary amides is 2. The number of aliphatic hydroxyl groups excluding tert-OH is 3. The van der Waals surface area contributed by atoms with E-state index in [4.69, 9.17) is 16.9 Å². The Balaban J connectivity index is 1.28. The Morgan fingerprint density at radius 1 is 0.685 bits per heavy atom. The lowest BCUT2D eigenvalue weighted by Crippen LogP contribution is -2.62. The second-order valence-electron chi connectivity index (χ2n) is 21.8. The van der Waals surface area contributed by atoms with Crippen LogP contribution in [0.25, 0.3) is 10.9 Å². The zero-order valence-corrected chi connectivity index (χ0v) is 49.6. The van der Waals surface area contributed by atoms with Gasteiger partial charge in [-0.2, -0.15) is 0 Å². The summed E-state index contributed by atoms with van der Waals surface area (Å²) in [5.74, 6) is -10.3. The highest BCUT2D eigenvalue weighted by Gasteiger charge is 2.43. The van der Waals surface area contributed by atoms with Crippen molar-refractivity contribution in [2.75, 3.05) is 26.7 Å². The molecule has 21 N–H and O–H groups in total. The fourth-order valence-corrected chi connectivity index (χ4v) is 9.74. The molecular weight excluding hydrogens is 1160 g/mol. The lowest BCUT2D eigenvalue weighted by atomic mass is 10.0. The number of para-hydroxylation sites is 1. The number of phenols is 1. The minimum absolute atomic E-state index is 0.000173. The molecule has 1 fully saturated rings. The number of guanidine groups is 1. The fraction of sp³-hybridized carbons (Fsp3) is 0.448. The quantitative estimate of drug-likeness (QED) is 0.00983. The molecule has 0 aliphatic carbocycles. The molecule has 31 heteroatoms. The molecule has 1 aliphatic heterocycles. The molecule has 0 spiro atoms. The van der Waals surface area contributed by atoms with E-state index in [0.717, 1.165) is 22.7 Å². The van der Waals surface area contributed by atoms with E-state index in [9.17, 15) is 73.2 Å². The number of carbonyl (C=O) groups excluding carboxylic acids is 11. The van der Waals surface area contributed by atoms with Gasteiger partial charge >= 0.3 is 6.03 Å². The number of nitrogens with zero attached hydrogens (tertiary/aromatic N) is 1. The highest BCUT2D eigenvalue weighted by molar-refractivity contribution is 5.99. The molecule has 0 bridgehead atoms. The molecule has 482 valence electrons. The number of H-pyrrole nitrogens is 1. The van der Waals surface area contributed by atoms with Crippen molar-refractivity contribution in [1.29, 1.82) is 5.41 Å². The van der Waals surface area contributed by atoms with E-state index in [1.165, 1.54) is 31.3 Å². The number of carbonyl (C=O) groups is 11. The smallest absolute Gasteiger partial charge is 0.334 e. The molecule has 3 aromatic carbocycles. The number of aromatic hydroxyl groups is 1. The number of aromatic amines is 1. The van der Waals surface area contributed by atoms with E-state index in [1.807, 2.05) is 24.3 Å². The number of rotatable bonds is 31. The summed E-state index contributed by atoms with van der Waals surface area (Å²) >= 11 is 0. The molecule has 0 saturated carbocycles. The first-order valence-corrected chi connectivity index (χ1v) is 28.7.